The molecule has 1 saturated carbocycles. The second kappa shape index (κ2) is 8.98. The Morgan fingerprint density at radius 1 is 1.16 bits per heavy atom. The van der Waals surface area contributed by atoms with Gasteiger partial charge in [-0.05, 0) is 50.5 Å². The molecule has 5 aliphatic rings. The van der Waals surface area contributed by atoms with E-state index in [4.69, 9.17) is 14.2 Å². The van der Waals surface area contributed by atoms with Crippen molar-refractivity contribution < 1.29 is 28.2 Å². The summed E-state index contributed by atoms with van der Waals surface area (Å²) in [5.74, 6) is -0.0974. The van der Waals surface area contributed by atoms with Gasteiger partial charge in [0.2, 0.25) is 11.8 Å². The Kier molecular flexibility index (Phi) is 6.07. The lowest BCUT2D eigenvalue weighted by Gasteiger charge is -2.51. The molecule has 8 heteroatoms. The highest BCUT2D eigenvalue weighted by atomic mass is 19.1. The quantitative estimate of drug-likeness (QED) is 0.663. The molecule has 2 atom stereocenters. The second-order valence-corrected chi connectivity index (χ2v) is 9.47. The first kappa shape index (κ1) is 21.6. The Balaban J connectivity index is 1.43. The Hall–Kier alpha value is -2.19. The van der Waals surface area contributed by atoms with Crippen molar-refractivity contribution in [3.8, 4) is 5.75 Å². The molecule has 2 saturated heterocycles. The zero-order valence-electron chi connectivity index (χ0n) is 18.3. The van der Waals surface area contributed by atoms with Gasteiger partial charge in [-0.1, -0.05) is 12.1 Å². The topological polar surface area (TPSA) is 77.1 Å². The summed E-state index contributed by atoms with van der Waals surface area (Å²) in [6.07, 6.45) is 5.31. The van der Waals surface area contributed by atoms with E-state index in [0.29, 0.717) is 19.8 Å². The summed E-state index contributed by atoms with van der Waals surface area (Å²) >= 11 is 0. The number of halogens is 1. The first-order valence-electron chi connectivity index (χ1n) is 11.8. The third kappa shape index (κ3) is 4.10. The van der Waals surface area contributed by atoms with E-state index >= 15 is 0 Å². The van der Waals surface area contributed by atoms with Crippen LogP contribution in [0.25, 0.3) is 0 Å². The van der Waals surface area contributed by atoms with Gasteiger partial charge in [-0.25, -0.2) is 4.39 Å². The van der Waals surface area contributed by atoms with Crippen molar-refractivity contribution in [3.05, 3.63) is 29.6 Å². The maximum atomic E-state index is 14.6. The summed E-state index contributed by atoms with van der Waals surface area (Å²) in [7, 11) is 0. The molecule has 174 valence electrons. The van der Waals surface area contributed by atoms with Gasteiger partial charge in [0.05, 0.1) is 43.9 Å². The largest absolute Gasteiger partial charge is 0.490 e. The summed E-state index contributed by atoms with van der Waals surface area (Å²) < 4.78 is 32.4. The molecule has 6 rings (SSSR count). The molecule has 4 aliphatic heterocycles. The van der Waals surface area contributed by atoms with E-state index in [1.807, 2.05) is 11.0 Å². The molecule has 4 heterocycles. The van der Waals surface area contributed by atoms with Gasteiger partial charge in [0.25, 0.3) is 0 Å². The SMILES string of the molecule is O=C1COC[C@@]2(CCCN3C(=O)CCOc4c(F)cccc4[C@H]4CC[C@H](CC4)OC[C@H]32)N1. The summed E-state index contributed by atoms with van der Waals surface area (Å²) in [6.45, 7) is 1.51. The molecule has 1 aliphatic carbocycles. The van der Waals surface area contributed by atoms with Crippen molar-refractivity contribution in [2.24, 2.45) is 0 Å². The van der Waals surface area contributed by atoms with Gasteiger partial charge in [-0.15, -0.1) is 0 Å². The number of benzene rings is 1. The molecule has 1 aromatic rings. The number of hydrogen-bond acceptors (Lipinski definition) is 5. The molecule has 2 bridgehead atoms. The van der Waals surface area contributed by atoms with Crippen LogP contribution in [0, 0.1) is 5.82 Å². The Morgan fingerprint density at radius 2 is 2.00 bits per heavy atom. The lowest BCUT2D eigenvalue weighted by atomic mass is 9.80. The monoisotopic (exact) mass is 446 g/mol. The van der Waals surface area contributed by atoms with Crippen LogP contribution >= 0.6 is 0 Å². The van der Waals surface area contributed by atoms with Crippen molar-refractivity contribution in [2.45, 2.75) is 68.5 Å². The minimum absolute atomic E-state index is 0.0477. The maximum Gasteiger partial charge on any atom is 0.246 e. The smallest absolute Gasteiger partial charge is 0.246 e. The lowest BCUT2D eigenvalue weighted by Crippen LogP contribution is -2.72. The third-order valence-electron chi connectivity index (χ3n) is 7.50. The normalized spacial score (nSPS) is 33.7. The minimum atomic E-state index is -0.628. The van der Waals surface area contributed by atoms with Crippen LogP contribution in [0.1, 0.15) is 56.4 Å². The molecule has 2 amide bonds. The van der Waals surface area contributed by atoms with Gasteiger partial charge in [-0.2, -0.15) is 0 Å². The number of fused-ring (bicyclic) bond motifs is 6. The van der Waals surface area contributed by atoms with E-state index in [1.54, 1.807) is 6.07 Å². The fourth-order valence-corrected chi connectivity index (χ4v) is 5.87. The van der Waals surface area contributed by atoms with Gasteiger partial charge in [0, 0.05) is 12.1 Å². The van der Waals surface area contributed by atoms with E-state index in [-0.39, 0.29) is 61.1 Å². The molecule has 3 fully saturated rings. The number of nitrogens with one attached hydrogen (secondary N) is 1. The van der Waals surface area contributed by atoms with E-state index in [2.05, 4.69) is 5.32 Å². The first-order chi connectivity index (χ1) is 15.6. The van der Waals surface area contributed by atoms with Crippen LogP contribution in [0.5, 0.6) is 5.75 Å². The average Bonchev–Trinajstić information content (AvgIpc) is 2.79. The van der Waals surface area contributed by atoms with Crippen molar-refractivity contribution in [1.29, 1.82) is 0 Å². The van der Waals surface area contributed by atoms with Gasteiger partial charge >= 0.3 is 0 Å². The average molecular weight is 447 g/mol. The number of carbonyl (C=O) groups excluding carboxylic acids is 2. The predicted octanol–water partition coefficient (Wildman–Crippen LogP) is 2.53. The number of amides is 2. The van der Waals surface area contributed by atoms with Gasteiger partial charge in [0.15, 0.2) is 11.6 Å². The summed E-state index contributed by atoms with van der Waals surface area (Å²) in [4.78, 5) is 27.2. The number of morpholine rings is 1. The highest BCUT2D eigenvalue weighted by Gasteiger charge is 2.49. The first-order valence-corrected chi connectivity index (χ1v) is 11.8. The fraction of sp³-hybridized carbons (Fsp3) is 0.667. The number of piperidine rings is 1. The van der Waals surface area contributed by atoms with Crippen LogP contribution in [0.4, 0.5) is 4.39 Å². The Morgan fingerprint density at radius 3 is 2.81 bits per heavy atom. The number of ether oxygens (including phenoxy) is 3. The standard InChI is InChI=1S/C24H31FN2O5/c25-19-4-1-3-18-16-5-7-17(8-6-16)32-13-20-24(15-30-14-21(28)26-24)10-2-11-27(20)22(29)9-12-31-23(18)19/h1,3-4,16-17,20H,2,5-15H2,(H,26,28)/t16-,17+,20-,24+/m0/s1. The number of para-hydroxylation sites is 1. The van der Waals surface area contributed by atoms with E-state index in [9.17, 15) is 14.0 Å². The molecule has 0 unspecified atom stereocenters. The van der Waals surface area contributed by atoms with Crippen LogP contribution < -0.4 is 10.1 Å². The van der Waals surface area contributed by atoms with Gasteiger partial charge in [0.1, 0.15) is 6.61 Å². The van der Waals surface area contributed by atoms with Crippen LogP contribution in [0.15, 0.2) is 18.2 Å². The molecule has 7 nitrogen and oxygen atoms in total. The summed E-state index contributed by atoms with van der Waals surface area (Å²) in [5, 5.41) is 3.13. The Labute approximate surface area is 187 Å². The molecule has 0 radical (unpaired) electrons. The predicted molar refractivity (Wildman–Crippen MR) is 114 cm³/mol. The van der Waals surface area contributed by atoms with Crippen molar-refractivity contribution in [2.75, 3.05) is 33.0 Å². The van der Waals surface area contributed by atoms with Crippen LogP contribution in [-0.4, -0.2) is 67.4 Å². The fourth-order valence-electron chi connectivity index (χ4n) is 5.87. The molecular formula is C24H31FN2O5. The number of rotatable bonds is 0. The minimum Gasteiger partial charge on any atom is -0.490 e. The maximum absolute atomic E-state index is 14.6. The Bertz CT molecular complexity index is 868. The zero-order valence-corrected chi connectivity index (χ0v) is 18.3. The number of carbonyl (C=O) groups is 2. The highest BCUT2D eigenvalue weighted by molar-refractivity contribution is 5.80. The van der Waals surface area contributed by atoms with Crippen LogP contribution in [-0.2, 0) is 19.1 Å². The van der Waals surface area contributed by atoms with Gasteiger partial charge in [-0.3, -0.25) is 9.59 Å². The number of hydrogen-bond donors (Lipinski definition) is 1. The summed E-state index contributed by atoms with van der Waals surface area (Å²) in [6, 6.07) is 4.79. The second-order valence-electron chi connectivity index (χ2n) is 9.47. The molecule has 1 N–H and O–H groups in total. The molecule has 32 heavy (non-hydrogen) atoms. The zero-order chi connectivity index (χ0) is 22.1. The van der Waals surface area contributed by atoms with Crippen LogP contribution in [0.2, 0.25) is 0 Å². The molecule has 1 aromatic carbocycles. The van der Waals surface area contributed by atoms with Crippen molar-refractivity contribution in [3.63, 3.8) is 0 Å². The lowest BCUT2D eigenvalue weighted by molar-refractivity contribution is -0.155. The number of nitrogens with zero attached hydrogens (tertiary/aromatic N) is 1. The van der Waals surface area contributed by atoms with Gasteiger partial charge < -0.3 is 24.4 Å². The molecule has 1 spiro atoms. The van der Waals surface area contributed by atoms with E-state index in [0.717, 1.165) is 44.1 Å². The van der Waals surface area contributed by atoms with E-state index in [1.165, 1.54) is 6.07 Å². The van der Waals surface area contributed by atoms with Crippen molar-refractivity contribution in [1.82, 2.24) is 10.2 Å². The molecule has 0 aromatic heterocycles. The molecular weight excluding hydrogens is 415 g/mol. The van der Waals surface area contributed by atoms with Crippen molar-refractivity contribution >= 4 is 11.8 Å². The van der Waals surface area contributed by atoms with E-state index < -0.39 is 5.54 Å². The summed E-state index contributed by atoms with van der Waals surface area (Å²) in [5.41, 5.74) is 0.265. The van der Waals surface area contributed by atoms with Crippen LogP contribution in [0.3, 0.4) is 0 Å². The highest BCUT2D eigenvalue weighted by Crippen LogP contribution is 2.40. The third-order valence-corrected chi connectivity index (χ3v) is 7.50.